The zero-order valence-electron chi connectivity index (χ0n) is 13.0. The first-order chi connectivity index (χ1) is 9.28. The van der Waals surface area contributed by atoms with Gasteiger partial charge in [0.25, 0.3) is 0 Å². The van der Waals surface area contributed by atoms with Crippen LogP contribution in [0.3, 0.4) is 0 Å². The molecule has 0 aromatic rings. The van der Waals surface area contributed by atoms with Crippen LogP contribution < -0.4 is 0 Å². The van der Waals surface area contributed by atoms with Gasteiger partial charge in [0, 0.05) is 13.0 Å². The van der Waals surface area contributed by atoms with E-state index >= 15 is 0 Å². The summed E-state index contributed by atoms with van der Waals surface area (Å²) in [6.45, 7) is 10.2. The smallest absolute Gasteiger partial charge is 0.411 e. The van der Waals surface area contributed by atoms with Gasteiger partial charge in [-0.2, -0.15) is 0 Å². The van der Waals surface area contributed by atoms with Crippen LogP contribution >= 0.6 is 0 Å². The second kappa shape index (κ2) is 6.92. The Morgan fingerprint density at radius 3 is 2.35 bits per heavy atom. The Morgan fingerprint density at radius 2 is 1.85 bits per heavy atom. The first kappa shape index (κ1) is 16.8. The molecule has 1 aliphatic rings. The van der Waals surface area contributed by atoms with Gasteiger partial charge in [-0.15, -0.1) is 0 Å². The monoisotopic (exact) mass is 287 g/mol. The number of likely N-dealkylation sites (tertiary alicyclic amines) is 1. The molecule has 1 fully saturated rings. The summed E-state index contributed by atoms with van der Waals surface area (Å²) in [7, 11) is 0. The summed E-state index contributed by atoms with van der Waals surface area (Å²) < 4.78 is 15.9. The number of amides is 1. The lowest BCUT2D eigenvalue weighted by Gasteiger charge is -2.27. The fourth-order valence-electron chi connectivity index (χ4n) is 2.14. The molecule has 0 unspecified atom stereocenters. The van der Waals surface area contributed by atoms with Crippen molar-refractivity contribution in [2.24, 2.45) is 0 Å². The van der Waals surface area contributed by atoms with Crippen molar-refractivity contribution in [3.05, 3.63) is 0 Å². The molecule has 1 amide bonds. The van der Waals surface area contributed by atoms with Crippen LogP contribution in [0, 0.1) is 0 Å². The fraction of sp³-hybridized carbons (Fsp3) is 0.857. The predicted octanol–water partition coefficient (Wildman–Crippen LogP) is 1.96. The minimum Gasteiger partial charge on any atom is -0.464 e. The molecule has 0 radical (unpaired) electrons. The van der Waals surface area contributed by atoms with E-state index in [1.54, 1.807) is 27.7 Å². The van der Waals surface area contributed by atoms with Crippen LogP contribution in [0.2, 0.25) is 0 Å². The molecule has 0 N–H and O–H groups in total. The molecule has 0 saturated carbocycles. The van der Waals surface area contributed by atoms with Crippen molar-refractivity contribution in [2.45, 2.75) is 58.8 Å². The Bertz CT molecular complexity index is 350. The lowest BCUT2D eigenvalue weighted by atomic mass is 10.2. The molecule has 116 valence electrons. The average molecular weight is 287 g/mol. The first-order valence-electron chi connectivity index (χ1n) is 7.06. The summed E-state index contributed by atoms with van der Waals surface area (Å²) in [5.41, 5.74) is -0.597. The van der Waals surface area contributed by atoms with E-state index in [9.17, 15) is 9.59 Å². The third-order valence-corrected chi connectivity index (χ3v) is 2.85. The maximum atomic E-state index is 12.2. The van der Waals surface area contributed by atoms with Crippen LogP contribution in [-0.4, -0.2) is 54.5 Å². The summed E-state index contributed by atoms with van der Waals surface area (Å²) in [5, 5.41) is 0. The average Bonchev–Trinajstić information content (AvgIpc) is 2.72. The van der Waals surface area contributed by atoms with E-state index in [-0.39, 0.29) is 12.7 Å². The second-order valence-corrected chi connectivity index (χ2v) is 5.71. The Hall–Kier alpha value is -1.30. The molecule has 0 bridgehead atoms. The Balaban J connectivity index is 2.77. The van der Waals surface area contributed by atoms with Gasteiger partial charge in [-0.05, 0) is 34.6 Å². The summed E-state index contributed by atoms with van der Waals surface area (Å²) >= 11 is 0. The zero-order valence-corrected chi connectivity index (χ0v) is 13.0. The van der Waals surface area contributed by atoms with Crippen LogP contribution in [-0.2, 0) is 19.0 Å². The summed E-state index contributed by atoms with van der Waals surface area (Å²) in [6.07, 6.45) is -0.203. The van der Waals surface area contributed by atoms with Gasteiger partial charge in [0.05, 0.1) is 19.3 Å². The van der Waals surface area contributed by atoms with Crippen molar-refractivity contribution in [3.8, 4) is 0 Å². The normalized spacial score (nSPS) is 22.8. The van der Waals surface area contributed by atoms with Gasteiger partial charge in [-0.25, -0.2) is 9.59 Å². The van der Waals surface area contributed by atoms with Crippen LogP contribution in [0.5, 0.6) is 0 Å². The maximum Gasteiger partial charge on any atom is 0.411 e. The molecule has 0 spiro atoms. The molecule has 0 aliphatic carbocycles. The van der Waals surface area contributed by atoms with Crippen molar-refractivity contribution in [3.63, 3.8) is 0 Å². The third-order valence-electron chi connectivity index (χ3n) is 2.85. The number of rotatable bonds is 4. The highest BCUT2D eigenvalue weighted by atomic mass is 16.6. The number of ether oxygens (including phenoxy) is 3. The Labute approximate surface area is 120 Å². The minimum absolute atomic E-state index is 0.151. The Kier molecular flexibility index (Phi) is 5.80. The number of hydrogen-bond donors (Lipinski definition) is 0. The van der Waals surface area contributed by atoms with Crippen LogP contribution in [0.4, 0.5) is 4.79 Å². The molecule has 0 aromatic carbocycles. The van der Waals surface area contributed by atoms with Crippen LogP contribution in [0.25, 0.3) is 0 Å². The van der Waals surface area contributed by atoms with Crippen molar-refractivity contribution in [1.29, 1.82) is 0 Å². The fourth-order valence-corrected chi connectivity index (χ4v) is 2.14. The first-order valence-corrected chi connectivity index (χ1v) is 7.06. The number of carbonyl (C=O) groups is 2. The van der Waals surface area contributed by atoms with Gasteiger partial charge >= 0.3 is 12.1 Å². The van der Waals surface area contributed by atoms with E-state index in [0.29, 0.717) is 19.6 Å². The summed E-state index contributed by atoms with van der Waals surface area (Å²) in [5.74, 6) is -0.402. The highest BCUT2D eigenvalue weighted by molar-refractivity contribution is 5.82. The van der Waals surface area contributed by atoms with Crippen molar-refractivity contribution in [1.82, 2.24) is 4.90 Å². The van der Waals surface area contributed by atoms with Gasteiger partial charge in [-0.3, -0.25) is 4.90 Å². The molecule has 1 rings (SSSR count). The van der Waals surface area contributed by atoms with E-state index in [0.717, 1.165) is 0 Å². The van der Waals surface area contributed by atoms with E-state index in [1.807, 2.05) is 6.92 Å². The molecule has 1 aliphatic heterocycles. The van der Waals surface area contributed by atoms with Crippen molar-refractivity contribution < 1.29 is 23.8 Å². The number of hydrogen-bond acceptors (Lipinski definition) is 5. The molecule has 6 nitrogen and oxygen atoms in total. The molecule has 20 heavy (non-hydrogen) atoms. The quantitative estimate of drug-likeness (QED) is 0.740. The van der Waals surface area contributed by atoms with E-state index in [1.165, 1.54) is 4.90 Å². The van der Waals surface area contributed by atoms with Crippen molar-refractivity contribution >= 4 is 12.1 Å². The maximum absolute atomic E-state index is 12.2. The van der Waals surface area contributed by atoms with Crippen LogP contribution in [0.15, 0.2) is 0 Å². The van der Waals surface area contributed by atoms with E-state index < -0.39 is 23.7 Å². The van der Waals surface area contributed by atoms with Crippen molar-refractivity contribution in [2.75, 3.05) is 19.8 Å². The zero-order chi connectivity index (χ0) is 15.3. The molecule has 1 saturated heterocycles. The van der Waals surface area contributed by atoms with Gasteiger partial charge in [-0.1, -0.05) is 0 Å². The highest BCUT2D eigenvalue weighted by Gasteiger charge is 2.42. The van der Waals surface area contributed by atoms with Gasteiger partial charge < -0.3 is 14.2 Å². The second-order valence-electron chi connectivity index (χ2n) is 5.71. The lowest BCUT2D eigenvalue weighted by Crippen LogP contribution is -2.44. The van der Waals surface area contributed by atoms with E-state index in [4.69, 9.17) is 14.2 Å². The number of esters is 1. The summed E-state index contributed by atoms with van der Waals surface area (Å²) in [4.78, 5) is 25.5. The Morgan fingerprint density at radius 1 is 1.20 bits per heavy atom. The predicted molar refractivity (Wildman–Crippen MR) is 73.4 cm³/mol. The molecule has 6 heteroatoms. The molecule has 0 aromatic heterocycles. The van der Waals surface area contributed by atoms with Gasteiger partial charge in [0.15, 0.2) is 0 Å². The molecular formula is C14H25NO5. The number of nitrogens with zero attached hydrogens (tertiary/aromatic N) is 1. The number of carbonyl (C=O) groups excluding carboxylic acids is 2. The SMILES string of the molecule is CCOC(=O)[C@H]1C[C@@H](OCC)CN1C(=O)OC(C)(C)C. The van der Waals surface area contributed by atoms with E-state index in [2.05, 4.69) is 0 Å². The largest absolute Gasteiger partial charge is 0.464 e. The van der Waals surface area contributed by atoms with Gasteiger partial charge in [0.2, 0.25) is 0 Å². The topological polar surface area (TPSA) is 65.1 Å². The standard InChI is InChI=1S/C14H25NO5/c1-6-18-10-8-11(12(16)19-7-2)15(9-10)13(17)20-14(3,4)5/h10-11H,6-9H2,1-5H3/t10-,11-/m1/s1. The minimum atomic E-state index is -0.624. The van der Waals surface area contributed by atoms with Crippen LogP contribution in [0.1, 0.15) is 41.0 Å². The van der Waals surface area contributed by atoms with Gasteiger partial charge in [0.1, 0.15) is 11.6 Å². The summed E-state index contributed by atoms with van der Waals surface area (Å²) in [6, 6.07) is -0.624. The molecule has 1 heterocycles. The lowest BCUT2D eigenvalue weighted by molar-refractivity contribution is -0.148. The third kappa shape index (κ3) is 4.67. The molecule has 2 atom stereocenters. The molecular weight excluding hydrogens is 262 g/mol. The highest BCUT2D eigenvalue weighted by Crippen LogP contribution is 2.24.